The molecule has 2 saturated carbocycles. The topological polar surface area (TPSA) is 89.4 Å². The Labute approximate surface area is 180 Å². The van der Waals surface area contributed by atoms with Gasteiger partial charge in [-0.25, -0.2) is 4.98 Å². The standard InChI is InChI=1S/C22H29F2N5O2/c1-11(2)29-18(20-15-4-14(5-16(15)20)28-8-12(9-28)10-30)6-17(27-29)13-3-19(31-22(23)24)21(25)26-7-13/h3,6-7,11-12,14-16,20,22,30H,4-5,8-10H2,1-2H3,(H2,25,26)/t14-,15+,16-,20-. The molecule has 2 aromatic rings. The quantitative estimate of drug-likeness (QED) is 0.697. The van der Waals surface area contributed by atoms with Gasteiger partial charge in [-0.2, -0.15) is 13.9 Å². The summed E-state index contributed by atoms with van der Waals surface area (Å²) >= 11 is 0. The maximum absolute atomic E-state index is 12.7. The van der Waals surface area contributed by atoms with Crippen molar-refractivity contribution in [2.45, 2.75) is 51.3 Å². The Morgan fingerprint density at radius 3 is 2.55 bits per heavy atom. The van der Waals surface area contributed by atoms with Crippen LogP contribution in [-0.4, -0.2) is 57.1 Å². The largest absolute Gasteiger partial charge is 0.431 e. The number of nitrogen functional groups attached to an aromatic ring is 1. The second-order valence-corrected chi connectivity index (χ2v) is 9.46. The lowest BCUT2D eigenvalue weighted by atomic mass is 9.94. The van der Waals surface area contributed by atoms with Gasteiger partial charge in [0.1, 0.15) is 0 Å². The van der Waals surface area contributed by atoms with E-state index >= 15 is 0 Å². The molecule has 3 N–H and O–H groups in total. The van der Waals surface area contributed by atoms with Crippen molar-refractivity contribution >= 4 is 5.82 Å². The minimum Gasteiger partial charge on any atom is -0.431 e. The summed E-state index contributed by atoms with van der Waals surface area (Å²) < 4.78 is 31.9. The average Bonchev–Trinajstić information content (AvgIpc) is 3.05. The molecule has 0 unspecified atom stereocenters. The number of likely N-dealkylation sites (tertiary alicyclic amines) is 1. The highest BCUT2D eigenvalue weighted by Gasteiger charge is 2.59. The lowest BCUT2D eigenvalue weighted by Gasteiger charge is -2.43. The molecule has 31 heavy (non-hydrogen) atoms. The third kappa shape index (κ3) is 3.67. The van der Waals surface area contributed by atoms with E-state index in [1.165, 1.54) is 24.6 Å². The Morgan fingerprint density at radius 1 is 1.23 bits per heavy atom. The summed E-state index contributed by atoms with van der Waals surface area (Å²) in [4.78, 5) is 6.53. The van der Waals surface area contributed by atoms with Gasteiger partial charge in [-0.1, -0.05) is 0 Å². The third-order valence-corrected chi connectivity index (χ3v) is 7.17. The molecule has 3 aliphatic rings. The van der Waals surface area contributed by atoms with E-state index in [2.05, 4.69) is 39.2 Å². The van der Waals surface area contributed by atoms with Crippen LogP contribution in [-0.2, 0) is 0 Å². The summed E-state index contributed by atoms with van der Waals surface area (Å²) in [6, 6.07) is 4.39. The van der Waals surface area contributed by atoms with E-state index in [1.54, 1.807) is 6.20 Å². The number of pyridine rings is 1. The Hall–Kier alpha value is -2.26. The van der Waals surface area contributed by atoms with E-state index in [0.29, 0.717) is 47.6 Å². The number of nitrogens with two attached hydrogens (primary N) is 1. The number of ether oxygens (including phenoxy) is 1. The van der Waals surface area contributed by atoms with Crippen LogP contribution in [0.25, 0.3) is 11.3 Å². The van der Waals surface area contributed by atoms with E-state index in [1.807, 2.05) is 0 Å². The maximum Gasteiger partial charge on any atom is 0.387 e. The van der Waals surface area contributed by atoms with Gasteiger partial charge in [0.2, 0.25) is 0 Å². The highest BCUT2D eigenvalue weighted by molar-refractivity contribution is 5.64. The van der Waals surface area contributed by atoms with E-state index in [0.717, 1.165) is 13.1 Å². The van der Waals surface area contributed by atoms with Crippen molar-refractivity contribution in [3.63, 3.8) is 0 Å². The predicted molar refractivity (Wildman–Crippen MR) is 112 cm³/mol. The van der Waals surface area contributed by atoms with Crippen LogP contribution >= 0.6 is 0 Å². The van der Waals surface area contributed by atoms with E-state index < -0.39 is 6.61 Å². The molecule has 1 aliphatic heterocycles. The first-order valence-corrected chi connectivity index (χ1v) is 11.0. The second-order valence-electron chi connectivity index (χ2n) is 9.46. The molecule has 2 aromatic heterocycles. The van der Waals surface area contributed by atoms with Crippen LogP contribution in [0.4, 0.5) is 14.6 Å². The molecule has 3 heterocycles. The van der Waals surface area contributed by atoms with E-state index in [4.69, 9.17) is 10.8 Å². The molecule has 9 heteroatoms. The minimum absolute atomic E-state index is 0.0650. The van der Waals surface area contributed by atoms with Crippen molar-refractivity contribution in [2.24, 2.45) is 17.8 Å². The molecule has 0 amide bonds. The fraction of sp³-hybridized carbons (Fsp3) is 0.636. The number of alkyl halides is 2. The molecular formula is C22H29F2N5O2. The first kappa shape index (κ1) is 20.6. The fourth-order valence-corrected chi connectivity index (χ4v) is 5.57. The lowest BCUT2D eigenvalue weighted by Crippen LogP contribution is -2.52. The summed E-state index contributed by atoms with van der Waals surface area (Å²) in [5.74, 6) is 2.09. The third-order valence-electron chi connectivity index (χ3n) is 7.17. The number of halogens is 2. The van der Waals surface area contributed by atoms with Crippen molar-refractivity contribution in [3.05, 3.63) is 24.0 Å². The monoisotopic (exact) mass is 433 g/mol. The van der Waals surface area contributed by atoms with Crippen molar-refractivity contribution in [2.75, 3.05) is 25.4 Å². The number of rotatable bonds is 7. The first-order valence-electron chi connectivity index (χ1n) is 11.0. The molecule has 4 atom stereocenters. The van der Waals surface area contributed by atoms with Crippen LogP contribution in [0.15, 0.2) is 18.3 Å². The highest BCUT2D eigenvalue weighted by Crippen LogP contribution is 2.64. The zero-order chi connectivity index (χ0) is 21.9. The molecular weight excluding hydrogens is 404 g/mol. The summed E-state index contributed by atoms with van der Waals surface area (Å²) in [5, 5.41) is 14.0. The summed E-state index contributed by atoms with van der Waals surface area (Å²) in [7, 11) is 0. The number of hydrogen-bond acceptors (Lipinski definition) is 6. The highest BCUT2D eigenvalue weighted by atomic mass is 19.3. The number of aromatic nitrogens is 3. The molecule has 1 saturated heterocycles. The lowest BCUT2D eigenvalue weighted by molar-refractivity contribution is -0.0494. The molecule has 168 valence electrons. The maximum atomic E-state index is 12.7. The van der Waals surface area contributed by atoms with Gasteiger partial charge >= 0.3 is 6.61 Å². The van der Waals surface area contributed by atoms with Crippen molar-refractivity contribution in [1.29, 1.82) is 0 Å². The molecule has 0 bridgehead atoms. The van der Waals surface area contributed by atoms with Gasteiger partial charge in [-0.05, 0) is 50.7 Å². The van der Waals surface area contributed by atoms with Crippen LogP contribution < -0.4 is 10.5 Å². The summed E-state index contributed by atoms with van der Waals surface area (Å²) in [6.45, 7) is 3.57. The smallest absolute Gasteiger partial charge is 0.387 e. The van der Waals surface area contributed by atoms with Crippen LogP contribution in [0, 0.1) is 17.8 Å². The molecule has 7 nitrogen and oxygen atoms in total. The molecule has 0 aromatic carbocycles. The van der Waals surface area contributed by atoms with Gasteiger partial charge in [-0.3, -0.25) is 9.58 Å². The number of nitrogens with zero attached hydrogens (tertiary/aromatic N) is 4. The van der Waals surface area contributed by atoms with Crippen LogP contribution in [0.1, 0.15) is 44.3 Å². The number of anilines is 1. The predicted octanol–water partition coefficient (Wildman–Crippen LogP) is 3.13. The van der Waals surface area contributed by atoms with Gasteiger partial charge in [0.15, 0.2) is 11.6 Å². The van der Waals surface area contributed by atoms with Crippen LogP contribution in [0.3, 0.4) is 0 Å². The number of aliphatic hydroxyl groups is 1. The average molecular weight is 434 g/mol. The van der Waals surface area contributed by atoms with Crippen molar-refractivity contribution in [1.82, 2.24) is 19.7 Å². The second kappa shape index (κ2) is 7.70. The molecule has 0 spiro atoms. The zero-order valence-corrected chi connectivity index (χ0v) is 17.8. The molecule has 3 fully saturated rings. The summed E-state index contributed by atoms with van der Waals surface area (Å²) in [6.07, 6.45) is 3.94. The SMILES string of the molecule is CC(C)n1nc(-c2cnc(N)c(OC(F)F)c2)cc1[C@H]1[C@@H]2C[C@H](N3CC(CO)C3)C[C@@H]21. The molecule has 0 radical (unpaired) electrons. The first-order chi connectivity index (χ1) is 14.9. The van der Waals surface area contributed by atoms with E-state index in [9.17, 15) is 13.9 Å². The molecule has 5 rings (SSSR count). The number of aliphatic hydroxyl groups excluding tert-OH is 1. The number of fused-ring (bicyclic) bond motifs is 1. The van der Waals surface area contributed by atoms with Crippen LogP contribution in [0.2, 0.25) is 0 Å². The Kier molecular flexibility index (Phi) is 5.13. The van der Waals surface area contributed by atoms with Gasteiger partial charge in [0, 0.05) is 61.1 Å². The Morgan fingerprint density at radius 2 is 1.94 bits per heavy atom. The van der Waals surface area contributed by atoms with Gasteiger partial charge in [-0.15, -0.1) is 0 Å². The fourth-order valence-electron chi connectivity index (χ4n) is 5.57. The number of hydrogen-bond donors (Lipinski definition) is 2. The zero-order valence-electron chi connectivity index (χ0n) is 17.8. The van der Waals surface area contributed by atoms with Gasteiger partial charge in [0.05, 0.1) is 5.69 Å². The summed E-state index contributed by atoms with van der Waals surface area (Å²) in [5.41, 5.74) is 8.20. The Balaban J connectivity index is 1.34. The van der Waals surface area contributed by atoms with Crippen LogP contribution in [0.5, 0.6) is 5.75 Å². The molecule has 2 aliphatic carbocycles. The minimum atomic E-state index is -2.96. The van der Waals surface area contributed by atoms with Gasteiger partial charge in [0.25, 0.3) is 0 Å². The van der Waals surface area contributed by atoms with Gasteiger partial charge < -0.3 is 15.6 Å². The van der Waals surface area contributed by atoms with Crippen molar-refractivity contribution in [3.8, 4) is 17.0 Å². The van der Waals surface area contributed by atoms with E-state index in [-0.39, 0.29) is 17.6 Å². The van der Waals surface area contributed by atoms with Crippen molar-refractivity contribution < 1.29 is 18.6 Å². The normalized spacial score (nSPS) is 28.2. The Bertz CT molecular complexity index is 947.